The molecule has 0 aliphatic rings. The number of nitrogens with zero attached hydrogens (tertiary/aromatic N) is 4. The highest BCUT2D eigenvalue weighted by Gasteiger charge is 2.11. The van der Waals surface area contributed by atoms with Crippen LogP contribution in [0.5, 0.6) is 0 Å². The highest BCUT2D eigenvalue weighted by molar-refractivity contribution is 5.77. The Morgan fingerprint density at radius 1 is 1.24 bits per heavy atom. The van der Waals surface area contributed by atoms with E-state index in [1.165, 1.54) is 0 Å². The minimum absolute atomic E-state index is 0.697. The van der Waals surface area contributed by atoms with E-state index >= 15 is 0 Å². The van der Waals surface area contributed by atoms with Gasteiger partial charge in [0.1, 0.15) is 0 Å². The molecule has 126 valence electrons. The summed E-state index contributed by atoms with van der Waals surface area (Å²) >= 11 is 0. The lowest BCUT2D eigenvalue weighted by Gasteiger charge is -2.10. The third-order valence-corrected chi connectivity index (χ3v) is 3.73. The van der Waals surface area contributed by atoms with Gasteiger partial charge in [-0.3, -0.25) is 4.40 Å². The van der Waals surface area contributed by atoms with Crippen LogP contribution in [0.15, 0.2) is 68.3 Å². The lowest BCUT2D eigenvalue weighted by atomic mass is 10.2. The Hall–Kier alpha value is -3.34. The zero-order chi connectivity index (χ0) is 17.8. The van der Waals surface area contributed by atoms with Crippen molar-refractivity contribution in [3.8, 4) is 0 Å². The number of hydrogen-bond donors (Lipinski definition) is 1. The van der Waals surface area contributed by atoms with Gasteiger partial charge in [0.05, 0.1) is 11.9 Å². The number of rotatable bonds is 6. The van der Waals surface area contributed by atoms with Crippen LogP contribution >= 0.6 is 0 Å². The fourth-order valence-corrected chi connectivity index (χ4v) is 2.60. The molecule has 3 rings (SSSR count). The molecular weight excluding hydrogens is 310 g/mol. The first-order valence-electron chi connectivity index (χ1n) is 7.95. The minimum atomic E-state index is 0.697. The van der Waals surface area contributed by atoms with E-state index in [1.807, 2.05) is 78.4 Å². The normalized spacial score (nSPS) is 11.4. The molecule has 0 aliphatic carbocycles. The summed E-state index contributed by atoms with van der Waals surface area (Å²) in [5.41, 5.74) is 4.69. The largest absolute Gasteiger partial charge is 0.383 e. The van der Waals surface area contributed by atoms with Crippen molar-refractivity contribution in [1.29, 1.82) is 0 Å². The number of anilines is 2. The Kier molecular flexibility index (Phi) is 4.66. The van der Waals surface area contributed by atoms with Crippen molar-refractivity contribution in [3.63, 3.8) is 0 Å². The van der Waals surface area contributed by atoms with Crippen LogP contribution in [0, 0.1) is 0 Å². The Bertz CT molecular complexity index is 950. The summed E-state index contributed by atoms with van der Waals surface area (Å²) in [5, 5.41) is 3.33. The molecule has 0 spiro atoms. The fourth-order valence-electron chi connectivity index (χ4n) is 2.60. The van der Waals surface area contributed by atoms with E-state index in [0.717, 1.165) is 28.2 Å². The van der Waals surface area contributed by atoms with Crippen molar-refractivity contribution in [2.45, 2.75) is 0 Å². The van der Waals surface area contributed by atoms with Gasteiger partial charge in [-0.1, -0.05) is 37.4 Å². The molecule has 0 unspecified atom stereocenters. The van der Waals surface area contributed by atoms with Gasteiger partial charge < -0.3 is 10.2 Å². The van der Waals surface area contributed by atoms with Crippen LogP contribution in [0.25, 0.3) is 17.3 Å². The third kappa shape index (κ3) is 3.45. The third-order valence-electron chi connectivity index (χ3n) is 3.73. The number of imidazole rings is 1. The van der Waals surface area contributed by atoms with Gasteiger partial charge in [0.25, 0.3) is 0 Å². The highest BCUT2D eigenvalue weighted by atomic mass is 15.1. The van der Waals surface area contributed by atoms with Crippen LogP contribution in [-0.4, -0.2) is 33.4 Å². The number of allylic oxidation sites excluding steroid dienone is 2. The molecule has 0 saturated heterocycles. The maximum atomic E-state index is 4.54. The number of fused-ring (bicyclic) bond motifs is 1. The number of nitrogens with one attached hydrogen (secondary N) is 1. The van der Waals surface area contributed by atoms with Crippen LogP contribution in [0.1, 0.15) is 11.3 Å². The first kappa shape index (κ1) is 16.5. The Labute approximate surface area is 147 Å². The smallest absolute Gasteiger partial charge is 0.180 e. The van der Waals surface area contributed by atoms with Gasteiger partial charge in [0.15, 0.2) is 11.5 Å². The first-order chi connectivity index (χ1) is 12.1. The predicted octanol–water partition coefficient (Wildman–Crippen LogP) is 4.20. The lowest BCUT2D eigenvalue weighted by molar-refractivity contribution is 0.566. The molecule has 2 heterocycles. The molecule has 5 nitrogen and oxygen atoms in total. The lowest BCUT2D eigenvalue weighted by Crippen LogP contribution is -2.03. The summed E-state index contributed by atoms with van der Waals surface area (Å²) in [7, 11) is 3.96. The maximum Gasteiger partial charge on any atom is 0.180 e. The Balaban J connectivity index is 2.04. The molecule has 0 aliphatic heterocycles. The zero-order valence-corrected chi connectivity index (χ0v) is 14.5. The average molecular weight is 331 g/mol. The van der Waals surface area contributed by atoms with Gasteiger partial charge in [0.2, 0.25) is 0 Å². The molecule has 0 fully saturated rings. The van der Waals surface area contributed by atoms with E-state index in [9.17, 15) is 0 Å². The summed E-state index contributed by atoms with van der Waals surface area (Å²) in [4.78, 5) is 11.0. The average Bonchev–Trinajstić information content (AvgIpc) is 3.05. The van der Waals surface area contributed by atoms with Gasteiger partial charge in [0, 0.05) is 43.9 Å². The van der Waals surface area contributed by atoms with E-state index in [-0.39, 0.29) is 0 Å². The minimum Gasteiger partial charge on any atom is -0.383 e. The van der Waals surface area contributed by atoms with Crippen molar-refractivity contribution < 1.29 is 0 Å². The second-order valence-electron chi connectivity index (χ2n) is 5.82. The molecular formula is C20H21N5. The van der Waals surface area contributed by atoms with Crippen molar-refractivity contribution in [3.05, 3.63) is 79.5 Å². The van der Waals surface area contributed by atoms with Crippen molar-refractivity contribution >= 4 is 28.8 Å². The molecule has 3 aromatic rings. The van der Waals surface area contributed by atoms with Crippen LogP contribution in [0.3, 0.4) is 0 Å². The van der Waals surface area contributed by atoms with E-state index in [0.29, 0.717) is 5.82 Å². The quantitative estimate of drug-likeness (QED) is 0.688. The van der Waals surface area contributed by atoms with Crippen LogP contribution < -0.4 is 5.32 Å². The Morgan fingerprint density at radius 2 is 2.08 bits per heavy atom. The van der Waals surface area contributed by atoms with Crippen molar-refractivity contribution in [1.82, 2.24) is 19.3 Å². The van der Waals surface area contributed by atoms with Crippen LogP contribution in [0.4, 0.5) is 11.5 Å². The zero-order valence-electron chi connectivity index (χ0n) is 14.5. The summed E-state index contributed by atoms with van der Waals surface area (Å²) in [5.74, 6) is 0.697. The molecule has 2 aromatic heterocycles. The first-order valence-corrected chi connectivity index (χ1v) is 7.95. The summed E-state index contributed by atoms with van der Waals surface area (Å²) in [6.45, 7) is 7.71. The molecule has 0 bridgehead atoms. The SMILES string of the molecule is C=C/C(=C\N(C)C)c1cnc2c(Nc3cccc(C=C)c3)nccn12. The molecule has 0 atom stereocenters. The van der Waals surface area contributed by atoms with E-state index < -0.39 is 0 Å². The van der Waals surface area contributed by atoms with Gasteiger partial charge in [-0.2, -0.15) is 0 Å². The Morgan fingerprint density at radius 3 is 2.80 bits per heavy atom. The standard InChI is InChI=1S/C20H21N5/c1-5-15-8-7-9-17(12-15)23-19-20-22-13-18(25(20)11-10-21-19)16(6-2)14-24(3)4/h5-14H,1-2H2,3-4H3,(H,21,23)/b16-14+. The van der Waals surface area contributed by atoms with Gasteiger partial charge in [-0.05, 0) is 17.7 Å². The summed E-state index contributed by atoms with van der Waals surface area (Å²) < 4.78 is 2.00. The molecule has 0 radical (unpaired) electrons. The summed E-state index contributed by atoms with van der Waals surface area (Å²) in [6.07, 6.45) is 11.1. The monoisotopic (exact) mass is 331 g/mol. The molecule has 5 heteroatoms. The van der Waals surface area contributed by atoms with Crippen molar-refractivity contribution in [2.24, 2.45) is 0 Å². The second kappa shape index (κ2) is 7.05. The van der Waals surface area contributed by atoms with E-state index in [4.69, 9.17) is 0 Å². The van der Waals surface area contributed by atoms with Crippen LogP contribution in [0.2, 0.25) is 0 Å². The molecule has 1 N–H and O–H groups in total. The van der Waals surface area contributed by atoms with Crippen molar-refractivity contribution in [2.75, 3.05) is 19.4 Å². The highest BCUT2D eigenvalue weighted by Crippen LogP contribution is 2.24. The number of hydrogen-bond acceptors (Lipinski definition) is 4. The number of aromatic nitrogens is 3. The fraction of sp³-hybridized carbons (Fsp3) is 0.100. The summed E-state index contributed by atoms with van der Waals surface area (Å²) in [6, 6.07) is 7.99. The molecule has 0 saturated carbocycles. The number of benzene rings is 1. The van der Waals surface area contributed by atoms with E-state index in [1.54, 1.807) is 6.20 Å². The van der Waals surface area contributed by atoms with E-state index in [2.05, 4.69) is 28.4 Å². The molecule has 0 amide bonds. The molecule has 1 aromatic carbocycles. The topological polar surface area (TPSA) is 45.5 Å². The molecule has 25 heavy (non-hydrogen) atoms. The van der Waals surface area contributed by atoms with Crippen LogP contribution in [-0.2, 0) is 0 Å². The van der Waals surface area contributed by atoms with Gasteiger partial charge in [-0.25, -0.2) is 9.97 Å². The maximum absolute atomic E-state index is 4.54. The predicted molar refractivity (Wildman–Crippen MR) is 105 cm³/mol. The van der Waals surface area contributed by atoms with Gasteiger partial charge in [-0.15, -0.1) is 0 Å². The van der Waals surface area contributed by atoms with Gasteiger partial charge >= 0.3 is 0 Å². The second-order valence-corrected chi connectivity index (χ2v) is 5.82.